The van der Waals surface area contributed by atoms with Gasteiger partial charge in [-0.3, -0.25) is 19.3 Å². The lowest BCUT2D eigenvalue weighted by atomic mass is 9.82. The molecule has 3 amide bonds. The van der Waals surface area contributed by atoms with Crippen molar-refractivity contribution >= 4 is 17.7 Å². The highest BCUT2D eigenvalue weighted by Gasteiger charge is 2.47. The van der Waals surface area contributed by atoms with E-state index in [2.05, 4.69) is 22.1 Å². The number of halogens is 3. The highest BCUT2D eigenvalue weighted by molar-refractivity contribution is 5.93. The quantitative estimate of drug-likeness (QED) is 0.315. The van der Waals surface area contributed by atoms with E-state index in [1.165, 1.54) is 0 Å². The third-order valence-corrected chi connectivity index (χ3v) is 9.79. The van der Waals surface area contributed by atoms with E-state index in [-0.39, 0.29) is 43.0 Å². The van der Waals surface area contributed by atoms with Gasteiger partial charge in [0.05, 0.1) is 31.8 Å². The highest BCUT2D eigenvalue weighted by atomic mass is 19.4. The maximum absolute atomic E-state index is 14.5. The predicted octanol–water partition coefficient (Wildman–Crippen LogP) is 2.87. The normalized spacial score (nSPS) is 26.7. The fourth-order valence-corrected chi connectivity index (χ4v) is 7.42. The zero-order chi connectivity index (χ0) is 32.8. The molecule has 4 aliphatic rings. The first-order valence-corrected chi connectivity index (χ1v) is 16.4. The number of carbonyl (C=O) groups excluding carboxylic acids is 3. The molecule has 6 unspecified atom stereocenters. The molecule has 0 spiro atoms. The molecule has 4 N–H and O–H groups in total. The number of piperazine rings is 1. The Morgan fingerprint density at radius 3 is 2.61 bits per heavy atom. The molecule has 2 saturated heterocycles. The maximum Gasteiger partial charge on any atom is 0.391 e. The molecule has 46 heavy (non-hydrogen) atoms. The average molecular weight is 650 g/mol. The summed E-state index contributed by atoms with van der Waals surface area (Å²) in [7, 11) is 0. The maximum atomic E-state index is 14.5. The lowest BCUT2D eigenvalue weighted by Gasteiger charge is -2.45. The van der Waals surface area contributed by atoms with Gasteiger partial charge in [0.1, 0.15) is 17.8 Å². The van der Waals surface area contributed by atoms with Crippen LogP contribution >= 0.6 is 0 Å². The van der Waals surface area contributed by atoms with Crippen molar-refractivity contribution in [1.82, 2.24) is 20.4 Å². The molecule has 1 aliphatic carbocycles. The van der Waals surface area contributed by atoms with Gasteiger partial charge in [0.15, 0.2) is 0 Å². The van der Waals surface area contributed by atoms with Crippen LogP contribution in [-0.2, 0) is 19.1 Å². The Morgan fingerprint density at radius 1 is 1.11 bits per heavy atom. The predicted molar refractivity (Wildman–Crippen MR) is 165 cm³/mol. The third kappa shape index (κ3) is 8.40. The first-order chi connectivity index (χ1) is 22.0. The van der Waals surface area contributed by atoms with Gasteiger partial charge in [-0.05, 0) is 43.2 Å². The second kappa shape index (κ2) is 15.2. The van der Waals surface area contributed by atoms with Gasteiger partial charge < -0.3 is 30.7 Å². The molecule has 3 fully saturated rings. The van der Waals surface area contributed by atoms with Gasteiger partial charge in [0.2, 0.25) is 17.7 Å². The fourth-order valence-electron chi connectivity index (χ4n) is 7.42. The van der Waals surface area contributed by atoms with E-state index in [1.54, 1.807) is 11.0 Å². The zero-order valence-electron chi connectivity index (χ0n) is 26.2. The second-order valence-electron chi connectivity index (χ2n) is 13.0. The molecule has 3 aliphatic heterocycles. The number of hydrogen-bond donors (Lipinski definition) is 3. The van der Waals surface area contributed by atoms with Crippen LogP contribution in [0.5, 0.6) is 5.75 Å². The van der Waals surface area contributed by atoms with Crippen molar-refractivity contribution < 1.29 is 37.0 Å². The number of carbonyl (C=O) groups is 3. The SMILES string of the molecule is C=CCOC1CC2CN(C(=O)C(NC(=O)C(N)CC(F)(F)F)C3CCCCC3)C(C(=O)NCC3CCOc4ccccc43)CN2C1. The minimum Gasteiger partial charge on any atom is -0.493 e. The number of alkyl halides is 3. The van der Waals surface area contributed by atoms with Crippen molar-refractivity contribution in [2.45, 2.75) is 93.7 Å². The third-order valence-electron chi connectivity index (χ3n) is 9.79. The van der Waals surface area contributed by atoms with E-state index in [0.29, 0.717) is 45.6 Å². The minimum atomic E-state index is -4.63. The smallest absolute Gasteiger partial charge is 0.391 e. The Morgan fingerprint density at radius 2 is 1.87 bits per heavy atom. The van der Waals surface area contributed by atoms with Crippen LogP contribution in [0.4, 0.5) is 13.2 Å². The van der Waals surface area contributed by atoms with Gasteiger partial charge in [-0.15, -0.1) is 6.58 Å². The van der Waals surface area contributed by atoms with Gasteiger partial charge in [-0.1, -0.05) is 43.5 Å². The van der Waals surface area contributed by atoms with E-state index < -0.39 is 42.5 Å². The largest absolute Gasteiger partial charge is 0.493 e. The minimum absolute atomic E-state index is 0.0438. The molecule has 1 aromatic rings. The number of nitrogens with zero attached hydrogens (tertiary/aromatic N) is 2. The number of nitrogens with two attached hydrogens (primary N) is 1. The molecule has 3 heterocycles. The van der Waals surface area contributed by atoms with Crippen molar-refractivity contribution in [3.63, 3.8) is 0 Å². The highest BCUT2D eigenvalue weighted by Crippen LogP contribution is 2.34. The summed E-state index contributed by atoms with van der Waals surface area (Å²) in [5, 5.41) is 5.69. The summed E-state index contributed by atoms with van der Waals surface area (Å²) in [5.41, 5.74) is 6.66. The molecule has 254 valence electrons. The number of amides is 3. The van der Waals surface area contributed by atoms with Crippen molar-refractivity contribution in [3.8, 4) is 5.75 Å². The molecule has 10 nitrogen and oxygen atoms in total. The Kier molecular flexibility index (Phi) is 11.3. The van der Waals surface area contributed by atoms with Crippen LogP contribution < -0.4 is 21.1 Å². The van der Waals surface area contributed by atoms with Gasteiger partial charge in [0, 0.05) is 38.1 Å². The summed E-state index contributed by atoms with van der Waals surface area (Å²) < 4.78 is 50.9. The van der Waals surface area contributed by atoms with Crippen molar-refractivity contribution in [2.24, 2.45) is 11.7 Å². The molecule has 13 heteroatoms. The topological polar surface area (TPSA) is 126 Å². The molecular formula is C33H46F3N5O5. The van der Waals surface area contributed by atoms with E-state index in [9.17, 15) is 27.6 Å². The summed E-state index contributed by atoms with van der Waals surface area (Å²) in [4.78, 5) is 45.1. The van der Waals surface area contributed by atoms with Gasteiger partial charge in [-0.2, -0.15) is 13.2 Å². The number of benzene rings is 1. The Balaban J connectivity index is 1.36. The molecule has 5 rings (SSSR count). The summed E-state index contributed by atoms with van der Waals surface area (Å²) in [6.07, 6.45) is 0.813. The summed E-state index contributed by atoms with van der Waals surface area (Å²) in [6, 6.07) is 3.89. The van der Waals surface area contributed by atoms with Crippen LogP contribution in [0.25, 0.3) is 0 Å². The lowest BCUT2D eigenvalue weighted by molar-refractivity contribution is -0.152. The fraction of sp³-hybridized carbons (Fsp3) is 0.667. The number of ether oxygens (including phenoxy) is 2. The van der Waals surface area contributed by atoms with Crippen LogP contribution in [0.1, 0.15) is 62.8 Å². The van der Waals surface area contributed by atoms with E-state index >= 15 is 0 Å². The monoisotopic (exact) mass is 649 g/mol. The Labute approximate surface area is 268 Å². The molecular weight excluding hydrogens is 603 g/mol. The van der Waals surface area contributed by atoms with E-state index in [4.69, 9.17) is 15.2 Å². The van der Waals surface area contributed by atoms with E-state index in [1.807, 2.05) is 24.3 Å². The summed E-state index contributed by atoms with van der Waals surface area (Å²) >= 11 is 0. The van der Waals surface area contributed by atoms with Crippen LogP contribution in [0.15, 0.2) is 36.9 Å². The number of para-hydroxylation sites is 1. The van der Waals surface area contributed by atoms with Crippen LogP contribution in [0.3, 0.4) is 0 Å². The number of hydrogen-bond acceptors (Lipinski definition) is 7. The summed E-state index contributed by atoms with van der Waals surface area (Å²) in [6.45, 7) is 6.12. The average Bonchev–Trinajstić information content (AvgIpc) is 3.45. The first kappa shape index (κ1) is 34.2. The molecule has 0 aromatic heterocycles. The lowest BCUT2D eigenvalue weighted by Crippen LogP contribution is -2.66. The Bertz CT molecular complexity index is 1240. The van der Waals surface area contributed by atoms with Crippen molar-refractivity contribution in [2.75, 3.05) is 39.4 Å². The van der Waals surface area contributed by atoms with Gasteiger partial charge in [-0.25, -0.2) is 0 Å². The van der Waals surface area contributed by atoms with Gasteiger partial charge in [0.25, 0.3) is 0 Å². The van der Waals surface area contributed by atoms with Crippen molar-refractivity contribution in [1.29, 1.82) is 0 Å². The molecule has 1 saturated carbocycles. The van der Waals surface area contributed by atoms with Crippen LogP contribution in [-0.4, -0.2) is 103 Å². The summed E-state index contributed by atoms with van der Waals surface area (Å²) in [5.74, 6) is -1.21. The number of nitrogens with one attached hydrogen (secondary N) is 2. The first-order valence-electron chi connectivity index (χ1n) is 16.4. The number of rotatable bonds is 11. The molecule has 0 bridgehead atoms. The van der Waals surface area contributed by atoms with Crippen LogP contribution in [0.2, 0.25) is 0 Å². The Hall–Kier alpha value is -3.16. The van der Waals surface area contributed by atoms with Crippen molar-refractivity contribution in [3.05, 3.63) is 42.5 Å². The molecule has 1 aromatic carbocycles. The zero-order valence-corrected chi connectivity index (χ0v) is 26.2. The molecule has 0 radical (unpaired) electrons. The van der Waals surface area contributed by atoms with Crippen LogP contribution in [0, 0.1) is 5.92 Å². The number of fused-ring (bicyclic) bond motifs is 2. The van der Waals surface area contributed by atoms with E-state index in [0.717, 1.165) is 37.0 Å². The second-order valence-corrected chi connectivity index (χ2v) is 13.0. The van der Waals surface area contributed by atoms with Gasteiger partial charge >= 0.3 is 6.18 Å². The standard InChI is InChI=1S/C33H46F3N5O5/c1-2-13-45-24-15-23-18-41(32(44)29(21-8-4-3-5-9-21)39-30(42)26(37)16-33(34,35)36)27(20-40(23)19-24)31(43)38-17-22-12-14-46-28-11-7-6-10-25(22)28/h2,6-7,10-11,21-24,26-27,29H,1,3-5,8-9,12-20,37H2,(H,38,43)(H,39,42). The molecule has 6 atom stereocenters.